The molecule has 0 bridgehead atoms. The fourth-order valence-corrected chi connectivity index (χ4v) is 7.24. The number of amides is 1. The Labute approximate surface area is 259 Å². The van der Waals surface area contributed by atoms with Crippen molar-refractivity contribution in [2.45, 2.75) is 22.8 Å². The van der Waals surface area contributed by atoms with Crippen LogP contribution in [-0.4, -0.2) is 46.6 Å². The number of aromatic nitrogens is 3. The van der Waals surface area contributed by atoms with Gasteiger partial charge in [-0.2, -0.15) is 9.55 Å². The molecule has 2 aromatic heterocycles. The van der Waals surface area contributed by atoms with E-state index in [1.165, 1.54) is 30.2 Å². The minimum atomic E-state index is -4.14. The smallest absolute Gasteiger partial charge is 0.440 e. The molecule has 44 heavy (non-hydrogen) atoms. The van der Waals surface area contributed by atoms with Gasteiger partial charge >= 0.3 is 13.6 Å². The van der Waals surface area contributed by atoms with E-state index in [0.717, 1.165) is 9.79 Å². The largest absolute Gasteiger partial charge is 0.468 e. The number of carbonyl (C=O) groups is 2. The molecule has 2 heterocycles. The van der Waals surface area contributed by atoms with E-state index in [-0.39, 0.29) is 5.91 Å². The molecule has 2 N–H and O–H groups in total. The van der Waals surface area contributed by atoms with Crippen LogP contribution in [-0.2, 0) is 14.1 Å². The Balaban J connectivity index is 1.66. The molecule has 0 aliphatic carbocycles. The van der Waals surface area contributed by atoms with Crippen LogP contribution in [0.1, 0.15) is 28.7 Å². The molecule has 0 radical (unpaired) electrons. The zero-order valence-corrected chi connectivity index (χ0v) is 25.9. The zero-order valence-electron chi connectivity index (χ0n) is 24.2. The lowest BCUT2D eigenvalue weighted by Crippen LogP contribution is -2.36. The number of ether oxygens (including phenoxy) is 1. The van der Waals surface area contributed by atoms with Crippen LogP contribution in [0, 0.1) is 0 Å². The molecular weight excluding hydrogens is 597 g/mol. The molecule has 0 spiro atoms. The van der Waals surface area contributed by atoms with E-state index in [4.69, 9.17) is 14.4 Å². The molecule has 10 nitrogen and oxygen atoms in total. The third-order valence-corrected chi connectivity index (χ3v) is 9.52. The standard InChI is InChI=1S/C32H30N5O5PS/c1-22(32(39)41-3)36-43(40,42-24-12-5-4-6-13-24)37-29-21-25(44-30-15-8-7-14-27(30)31(38)33-2)17-18-26(29)28(35-37)19-16-23-11-9-10-20-34-23/h4-22H,1-3H3,(H,33,38)(H,36,40)/b19-16+/t22-,43-/m0/s1. The monoisotopic (exact) mass is 627 g/mol. The summed E-state index contributed by atoms with van der Waals surface area (Å²) in [6.45, 7) is 1.54. The molecule has 2 atom stereocenters. The summed E-state index contributed by atoms with van der Waals surface area (Å²) in [6.07, 6.45) is 5.28. The van der Waals surface area contributed by atoms with Gasteiger partial charge in [0.2, 0.25) is 0 Å². The number of carbonyl (C=O) groups excluding carboxylic acids is 2. The normalized spacial score (nSPS) is 13.3. The maximum atomic E-state index is 14.8. The van der Waals surface area contributed by atoms with Gasteiger partial charge in [0.15, 0.2) is 0 Å². The van der Waals surface area contributed by atoms with E-state index in [0.29, 0.717) is 33.6 Å². The lowest BCUT2D eigenvalue weighted by atomic mass is 10.2. The van der Waals surface area contributed by atoms with Crippen LogP contribution in [0.3, 0.4) is 0 Å². The number of pyridine rings is 1. The van der Waals surface area contributed by atoms with Gasteiger partial charge in [-0.3, -0.25) is 14.6 Å². The number of para-hydroxylation sites is 1. The molecule has 5 rings (SSSR count). The van der Waals surface area contributed by atoms with Gasteiger partial charge < -0.3 is 14.6 Å². The fourth-order valence-electron chi connectivity index (χ4n) is 4.35. The molecule has 0 unspecified atom stereocenters. The van der Waals surface area contributed by atoms with Crippen molar-refractivity contribution >= 4 is 54.4 Å². The Morgan fingerprint density at radius 3 is 2.45 bits per heavy atom. The summed E-state index contributed by atoms with van der Waals surface area (Å²) in [5, 5.41) is 11.0. The first-order valence-electron chi connectivity index (χ1n) is 13.6. The van der Waals surface area contributed by atoms with Crippen molar-refractivity contribution in [1.82, 2.24) is 24.9 Å². The van der Waals surface area contributed by atoms with E-state index in [9.17, 15) is 14.2 Å². The minimum Gasteiger partial charge on any atom is -0.468 e. The first-order valence-corrected chi connectivity index (χ1v) is 16.0. The van der Waals surface area contributed by atoms with Crippen LogP contribution >= 0.6 is 19.4 Å². The van der Waals surface area contributed by atoms with Gasteiger partial charge in [0, 0.05) is 28.4 Å². The van der Waals surface area contributed by atoms with Crippen LogP contribution in [0.5, 0.6) is 5.75 Å². The van der Waals surface area contributed by atoms with Crippen LogP contribution < -0.4 is 14.9 Å². The van der Waals surface area contributed by atoms with E-state index < -0.39 is 19.7 Å². The molecule has 0 fully saturated rings. The highest BCUT2D eigenvalue weighted by molar-refractivity contribution is 7.99. The second-order valence-corrected chi connectivity index (χ2v) is 12.5. The van der Waals surface area contributed by atoms with Gasteiger partial charge in [-0.05, 0) is 73.7 Å². The van der Waals surface area contributed by atoms with E-state index >= 15 is 0 Å². The Bertz CT molecular complexity index is 1860. The number of methoxy groups -OCH3 is 1. The molecule has 0 saturated heterocycles. The number of benzene rings is 3. The summed E-state index contributed by atoms with van der Waals surface area (Å²) in [7, 11) is -1.30. The maximum absolute atomic E-state index is 14.8. The second kappa shape index (κ2) is 13.7. The van der Waals surface area contributed by atoms with E-state index in [1.807, 2.05) is 60.7 Å². The first kappa shape index (κ1) is 30.7. The minimum absolute atomic E-state index is 0.206. The van der Waals surface area contributed by atoms with Gasteiger partial charge in [-0.25, -0.2) is 9.65 Å². The number of nitrogens with one attached hydrogen (secondary N) is 2. The topological polar surface area (TPSA) is 124 Å². The first-order chi connectivity index (χ1) is 21.3. The number of hydrogen-bond donors (Lipinski definition) is 2. The predicted octanol–water partition coefficient (Wildman–Crippen LogP) is 6.30. The fraction of sp³-hybridized carbons (Fsp3) is 0.125. The lowest BCUT2D eigenvalue weighted by molar-refractivity contribution is -0.142. The summed E-state index contributed by atoms with van der Waals surface area (Å²) in [5.41, 5.74) is 2.24. The SMILES string of the molecule is CNC(=O)c1ccccc1Sc1ccc2c(/C=C/c3ccccn3)nn([P@](=O)(N[C@@H](C)C(=O)OC)Oc3ccccc3)c2c1. The average Bonchev–Trinajstić information content (AvgIpc) is 3.42. The van der Waals surface area contributed by atoms with Crippen LogP contribution in [0.2, 0.25) is 0 Å². The Hall–Kier alpha value is -4.70. The van der Waals surface area contributed by atoms with Crippen molar-refractivity contribution in [2.24, 2.45) is 0 Å². The molecule has 0 aliphatic heterocycles. The highest BCUT2D eigenvalue weighted by Crippen LogP contribution is 2.48. The van der Waals surface area contributed by atoms with E-state index in [1.54, 1.807) is 55.7 Å². The molecular formula is C32H30N5O5PS. The maximum Gasteiger partial charge on any atom is 0.440 e. The third-order valence-electron chi connectivity index (χ3n) is 6.48. The summed E-state index contributed by atoms with van der Waals surface area (Å²) in [4.78, 5) is 30.8. The summed E-state index contributed by atoms with van der Waals surface area (Å²) in [5.74, 6) is -0.502. The van der Waals surface area contributed by atoms with Crippen molar-refractivity contribution in [2.75, 3.05) is 14.2 Å². The van der Waals surface area contributed by atoms with Gasteiger partial charge in [0.05, 0.1) is 29.6 Å². The summed E-state index contributed by atoms with van der Waals surface area (Å²) < 4.78 is 27.1. The van der Waals surface area contributed by atoms with Crippen LogP contribution in [0.4, 0.5) is 0 Å². The van der Waals surface area contributed by atoms with Crippen molar-refractivity contribution in [3.8, 4) is 5.75 Å². The highest BCUT2D eigenvalue weighted by Gasteiger charge is 2.35. The average molecular weight is 628 g/mol. The summed E-state index contributed by atoms with van der Waals surface area (Å²) >= 11 is 1.38. The van der Waals surface area contributed by atoms with E-state index in [2.05, 4.69) is 15.4 Å². The third kappa shape index (κ3) is 6.92. The number of esters is 1. The zero-order chi connectivity index (χ0) is 31.1. The van der Waals surface area contributed by atoms with Gasteiger partial charge in [0.25, 0.3) is 5.91 Å². The number of fused-ring (bicyclic) bond motifs is 1. The number of hydrogen-bond acceptors (Lipinski definition) is 8. The summed E-state index contributed by atoms with van der Waals surface area (Å²) in [6, 6.07) is 26.1. The number of rotatable bonds is 11. The Kier molecular flexibility index (Phi) is 9.59. The Morgan fingerprint density at radius 2 is 1.73 bits per heavy atom. The molecule has 224 valence electrons. The molecule has 1 amide bonds. The highest BCUT2D eigenvalue weighted by atomic mass is 32.2. The van der Waals surface area contributed by atoms with Gasteiger partial charge in [0.1, 0.15) is 11.8 Å². The second-order valence-electron chi connectivity index (χ2n) is 9.52. The van der Waals surface area contributed by atoms with Crippen LogP contribution in [0.25, 0.3) is 23.1 Å². The van der Waals surface area contributed by atoms with Crippen molar-refractivity contribution in [1.29, 1.82) is 0 Å². The molecule has 5 aromatic rings. The molecule has 12 heteroatoms. The Morgan fingerprint density at radius 1 is 0.977 bits per heavy atom. The van der Waals surface area contributed by atoms with Gasteiger partial charge in [-0.1, -0.05) is 48.2 Å². The lowest BCUT2D eigenvalue weighted by Gasteiger charge is -2.23. The van der Waals surface area contributed by atoms with Crippen molar-refractivity contribution < 1.29 is 23.4 Å². The quantitative estimate of drug-likeness (QED) is 0.128. The van der Waals surface area contributed by atoms with Crippen molar-refractivity contribution in [3.05, 3.63) is 114 Å². The number of nitrogens with zero attached hydrogens (tertiary/aromatic N) is 3. The molecule has 0 aliphatic rings. The predicted molar refractivity (Wildman–Crippen MR) is 172 cm³/mol. The van der Waals surface area contributed by atoms with Gasteiger partial charge in [-0.15, -0.1) is 0 Å². The van der Waals surface area contributed by atoms with Crippen LogP contribution in [0.15, 0.2) is 107 Å². The molecule has 3 aromatic carbocycles. The molecule has 0 saturated carbocycles. The van der Waals surface area contributed by atoms with Crippen molar-refractivity contribution in [3.63, 3.8) is 0 Å².